The van der Waals surface area contributed by atoms with Crippen molar-refractivity contribution in [2.45, 2.75) is 5.37 Å². The molecule has 0 N–H and O–H groups in total. The highest BCUT2D eigenvalue weighted by Crippen LogP contribution is 2.41. The molecule has 19 heavy (non-hydrogen) atoms. The molecule has 3 rings (SSSR count). The normalized spacial score (nSPS) is 18.9. The summed E-state index contributed by atoms with van der Waals surface area (Å²) in [4.78, 5) is 18.2. The molecule has 1 atom stereocenters. The Morgan fingerprint density at radius 3 is 2.89 bits per heavy atom. The van der Waals surface area contributed by atoms with Crippen molar-refractivity contribution in [3.8, 4) is 0 Å². The molecule has 0 unspecified atom stereocenters. The van der Waals surface area contributed by atoms with Crippen LogP contribution in [0.5, 0.6) is 0 Å². The van der Waals surface area contributed by atoms with Gasteiger partial charge in [-0.25, -0.2) is 0 Å². The van der Waals surface area contributed by atoms with Gasteiger partial charge < -0.3 is 0 Å². The van der Waals surface area contributed by atoms with Gasteiger partial charge in [0, 0.05) is 16.9 Å². The van der Waals surface area contributed by atoms with Gasteiger partial charge >= 0.3 is 0 Å². The average Bonchev–Trinajstić information content (AvgIpc) is 2.82. The molecule has 0 bridgehead atoms. The lowest BCUT2D eigenvalue weighted by Gasteiger charge is -2.23. The van der Waals surface area contributed by atoms with Gasteiger partial charge in [-0.05, 0) is 30.3 Å². The summed E-state index contributed by atoms with van der Waals surface area (Å²) in [6.45, 7) is 0. The van der Waals surface area contributed by atoms with Crippen molar-refractivity contribution in [3.05, 3.63) is 59.4 Å². The van der Waals surface area contributed by atoms with Crippen LogP contribution in [0.25, 0.3) is 0 Å². The van der Waals surface area contributed by atoms with E-state index >= 15 is 0 Å². The van der Waals surface area contributed by atoms with Gasteiger partial charge in [0.15, 0.2) is 0 Å². The molecular weight excluding hydrogens is 280 g/mol. The number of pyridine rings is 1. The zero-order valence-electron chi connectivity index (χ0n) is 9.99. The first-order valence-corrected chi connectivity index (χ1v) is 7.28. The smallest absolute Gasteiger partial charge is 0.238 e. The minimum atomic E-state index is -0.0767. The van der Waals surface area contributed by atoms with E-state index in [1.54, 1.807) is 35.0 Å². The monoisotopic (exact) mass is 290 g/mol. The van der Waals surface area contributed by atoms with Gasteiger partial charge in [0.1, 0.15) is 5.37 Å². The first-order valence-electron chi connectivity index (χ1n) is 5.86. The summed E-state index contributed by atoms with van der Waals surface area (Å²) in [5.74, 6) is 0.552. The molecule has 3 nitrogen and oxygen atoms in total. The fourth-order valence-corrected chi connectivity index (χ4v) is 3.39. The number of carbonyl (C=O) groups is 1. The van der Waals surface area contributed by atoms with Crippen molar-refractivity contribution in [2.24, 2.45) is 0 Å². The minimum absolute atomic E-state index is 0.0767. The third-order valence-corrected chi connectivity index (χ3v) is 4.31. The van der Waals surface area contributed by atoms with Crippen LogP contribution >= 0.6 is 23.4 Å². The average molecular weight is 291 g/mol. The largest absolute Gasteiger partial charge is 0.293 e. The lowest BCUT2D eigenvalue weighted by atomic mass is 10.2. The quantitative estimate of drug-likeness (QED) is 0.848. The Balaban J connectivity index is 2.00. The van der Waals surface area contributed by atoms with E-state index in [0.717, 1.165) is 11.4 Å². The highest BCUT2D eigenvalue weighted by atomic mass is 35.5. The standard InChI is InChI=1S/C14H11ClN2OS/c15-10-4-3-5-11(8-10)17-13(18)9-19-14(17)12-6-1-2-7-16-12/h1-8,14H,9H2/t14-/m1/s1. The fraction of sp³-hybridized carbons (Fsp3) is 0.143. The van der Waals surface area contributed by atoms with Crippen LogP contribution in [-0.4, -0.2) is 16.6 Å². The maximum absolute atomic E-state index is 12.1. The fourth-order valence-electron chi connectivity index (χ4n) is 2.07. The number of hydrogen-bond acceptors (Lipinski definition) is 3. The van der Waals surface area contributed by atoms with E-state index in [1.165, 1.54) is 0 Å². The molecule has 0 spiro atoms. The lowest BCUT2D eigenvalue weighted by molar-refractivity contribution is -0.115. The van der Waals surface area contributed by atoms with Gasteiger partial charge in [0.05, 0.1) is 11.4 Å². The van der Waals surface area contributed by atoms with Crippen LogP contribution in [0.4, 0.5) is 5.69 Å². The highest BCUT2D eigenvalue weighted by molar-refractivity contribution is 8.00. The summed E-state index contributed by atoms with van der Waals surface area (Å²) in [7, 11) is 0. The second kappa shape index (κ2) is 5.23. The second-order valence-corrected chi connectivity index (χ2v) is 5.67. The van der Waals surface area contributed by atoms with Crippen LogP contribution in [-0.2, 0) is 4.79 Å². The Morgan fingerprint density at radius 2 is 2.16 bits per heavy atom. The summed E-state index contributed by atoms with van der Waals surface area (Å²) in [5.41, 5.74) is 1.71. The zero-order valence-corrected chi connectivity index (χ0v) is 11.6. The van der Waals surface area contributed by atoms with Crippen LogP contribution in [0, 0.1) is 0 Å². The molecule has 1 aromatic carbocycles. The lowest BCUT2D eigenvalue weighted by Crippen LogP contribution is -2.28. The third-order valence-electron chi connectivity index (χ3n) is 2.90. The first-order chi connectivity index (χ1) is 9.25. The van der Waals surface area contributed by atoms with Crippen LogP contribution in [0.15, 0.2) is 48.7 Å². The molecule has 1 amide bonds. The maximum Gasteiger partial charge on any atom is 0.238 e. The van der Waals surface area contributed by atoms with E-state index in [1.807, 2.05) is 30.3 Å². The van der Waals surface area contributed by atoms with Gasteiger partial charge in [-0.3, -0.25) is 14.7 Å². The number of carbonyl (C=O) groups excluding carboxylic acids is 1. The number of benzene rings is 1. The molecule has 0 radical (unpaired) electrons. The van der Waals surface area contributed by atoms with Crippen molar-refractivity contribution in [1.29, 1.82) is 0 Å². The number of anilines is 1. The third kappa shape index (κ3) is 2.46. The minimum Gasteiger partial charge on any atom is -0.293 e. The predicted octanol–water partition coefficient (Wildman–Crippen LogP) is 3.51. The highest BCUT2D eigenvalue weighted by Gasteiger charge is 2.34. The van der Waals surface area contributed by atoms with Crippen LogP contribution in [0.1, 0.15) is 11.1 Å². The molecular formula is C14H11ClN2OS. The number of halogens is 1. The summed E-state index contributed by atoms with van der Waals surface area (Å²) >= 11 is 7.59. The molecule has 5 heteroatoms. The topological polar surface area (TPSA) is 33.2 Å². The molecule has 2 heterocycles. The molecule has 2 aromatic rings. The number of aromatic nitrogens is 1. The second-order valence-electron chi connectivity index (χ2n) is 4.16. The summed E-state index contributed by atoms with van der Waals surface area (Å²) in [6.07, 6.45) is 1.74. The number of nitrogens with zero attached hydrogens (tertiary/aromatic N) is 2. The number of rotatable bonds is 2. The van der Waals surface area contributed by atoms with Gasteiger partial charge in [0.25, 0.3) is 0 Å². The molecule has 0 saturated carbocycles. The zero-order chi connectivity index (χ0) is 13.2. The first kappa shape index (κ1) is 12.5. The number of hydrogen-bond donors (Lipinski definition) is 0. The van der Waals surface area contributed by atoms with E-state index in [9.17, 15) is 4.79 Å². The Bertz CT molecular complexity index is 605. The van der Waals surface area contributed by atoms with E-state index in [-0.39, 0.29) is 11.3 Å². The summed E-state index contributed by atoms with van der Waals surface area (Å²) in [6, 6.07) is 13.1. The Labute approximate surface area is 120 Å². The van der Waals surface area contributed by atoms with Crippen LogP contribution in [0.2, 0.25) is 5.02 Å². The molecule has 1 fully saturated rings. The SMILES string of the molecule is O=C1CS[C@H](c2ccccn2)N1c1cccc(Cl)c1. The van der Waals surface area contributed by atoms with Gasteiger partial charge in [-0.2, -0.15) is 0 Å². The van der Waals surface area contributed by atoms with Crippen molar-refractivity contribution in [2.75, 3.05) is 10.7 Å². The van der Waals surface area contributed by atoms with E-state index in [2.05, 4.69) is 4.98 Å². The van der Waals surface area contributed by atoms with Crippen molar-refractivity contribution in [1.82, 2.24) is 4.98 Å². The maximum atomic E-state index is 12.1. The Kier molecular flexibility index (Phi) is 3.44. The summed E-state index contributed by atoms with van der Waals surface area (Å²) in [5, 5.41) is 0.550. The predicted molar refractivity (Wildman–Crippen MR) is 78.4 cm³/mol. The molecule has 0 aliphatic carbocycles. The van der Waals surface area contributed by atoms with Gasteiger partial charge in [-0.15, -0.1) is 11.8 Å². The van der Waals surface area contributed by atoms with Crippen LogP contribution < -0.4 is 4.90 Å². The van der Waals surface area contributed by atoms with E-state index < -0.39 is 0 Å². The van der Waals surface area contributed by atoms with Crippen LogP contribution in [0.3, 0.4) is 0 Å². The molecule has 1 aromatic heterocycles. The van der Waals surface area contributed by atoms with E-state index in [4.69, 9.17) is 11.6 Å². The Morgan fingerprint density at radius 1 is 1.26 bits per heavy atom. The van der Waals surface area contributed by atoms with Gasteiger partial charge in [0.2, 0.25) is 5.91 Å². The van der Waals surface area contributed by atoms with E-state index in [0.29, 0.717) is 10.8 Å². The van der Waals surface area contributed by atoms with Crippen molar-refractivity contribution >= 4 is 35.0 Å². The van der Waals surface area contributed by atoms with Crippen molar-refractivity contribution < 1.29 is 4.79 Å². The Hall–Kier alpha value is -1.52. The summed E-state index contributed by atoms with van der Waals surface area (Å²) < 4.78 is 0. The number of amides is 1. The van der Waals surface area contributed by atoms with Crippen molar-refractivity contribution in [3.63, 3.8) is 0 Å². The number of thioether (sulfide) groups is 1. The molecule has 1 aliphatic heterocycles. The van der Waals surface area contributed by atoms with Gasteiger partial charge in [-0.1, -0.05) is 23.7 Å². The molecule has 96 valence electrons. The molecule has 1 aliphatic rings. The molecule has 1 saturated heterocycles.